The first-order valence-corrected chi connectivity index (χ1v) is 12.4. The van der Waals surface area contributed by atoms with Crippen molar-refractivity contribution < 1.29 is 28.0 Å². The van der Waals surface area contributed by atoms with E-state index in [1.807, 2.05) is 60.7 Å². The van der Waals surface area contributed by atoms with Crippen molar-refractivity contribution >= 4 is 31.5 Å². The number of fused-ring (bicyclic) bond motifs is 4. The Kier molecular flexibility index (Phi) is 5.18. The van der Waals surface area contributed by atoms with Crippen LogP contribution in [-0.2, 0) is 13.6 Å². The smallest absolute Gasteiger partial charge is 0.372 e. The summed E-state index contributed by atoms with van der Waals surface area (Å²) in [6.07, 6.45) is 3.26. The van der Waals surface area contributed by atoms with Crippen LogP contribution in [0, 0.1) is 0 Å². The topological polar surface area (TPSA) is 77.1 Å². The Morgan fingerprint density at radius 2 is 0.914 bits per heavy atom. The van der Waals surface area contributed by atoms with Gasteiger partial charge in [0.25, 0.3) is 0 Å². The molecular formula is C28H18O6P-. The van der Waals surface area contributed by atoms with Crippen molar-refractivity contribution in [3.63, 3.8) is 0 Å². The van der Waals surface area contributed by atoms with Gasteiger partial charge in [0.2, 0.25) is 0 Å². The molecule has 0 unspecified atom stereocenters. The second kappa shape index (κ2) is 8.51. The summed E-state index contributed by atoms with van der Waals surface area (Å²) in [4.78, 5) is 13.3. The maximum absolute atomic E-state index is 13.3. The van der Waals surface area contributed by atoms with Crippen LogP contribution in [0.25, 0.3) is 23.7 Å². The zero-order valence-corrected chi connectivity index (χ0v) is 19.2. The first-order valence-electron chi connectivity index (χ1n) is 10.9. The summed E-state index contributed by atoms with van der Waals surface area (Å²) in [6, 6.07) is 28.8. The molecule has 0 fully saturated rings. The minimum Gasteiger partial charge on any atom is -0.736 e. The lowest BCUT2D eigenvalue weighted by Gasteiger charge is -2.26. The molecule has 0 spiro atoms. The number of ether oxygens (including phenoxy) is 2. The number of hydrogen-bond donors (Lipinski definition) is 0. The van der Waals surface area contributed by atoms with Gasteiger partial charge in [0.15, 0.2) is 0 Å². The normalized spacial score (nSPS) is 13.6. The van der Waals surface area contributed by atoms with Crippen molar-refractivity contribution in [2.24, 2.45) is 0 Å². The Hall–Kier alpha value is -4.25. The van der Waals surface area contributed by atoms with Gasteiger partial charge < -0.3 is 23.4 Å². The Labute approximate surface area is 201 Å². The van der Waals surface area contributed by atoms with Gasteiger partial charge in [-0.1, -0.05) is 60.7 Å². The molecule has 172 valence electrons. The number of para-hydroxylation sites is 4. The number of phosphoric ester groups is 1. The molecule has 6 rings (SSSR count). The quantitative estimate of drug-likeness (QED) is 0.290. The van der Waals surface area contributed by atoms with E-state index in [0.29, 0.717) is 45.3 Å². The number of phosphoric acid groups is 1. The third-order valence-electron chi connectivity index (χ3n) is 5.58. The van der Waals surface area contributed by atoms with E-state index in [0.717, 1.165) is 0 Å². The summed E-state index contributed by atoms with van der Waals surface area (Å²) in [5.74, 6) is 2.34. The summed E-state index contributed by atoms with van der Waals surface area (Å²) in [5, 5.41) is 0. The van der Waals surface area contributed by atoms with E-state index in [9.17, 15) is 9.46 Å². The maximum atomic E-state index is 13.3. The summed E-state index contributed by atoms with van der Waals surface area (Å²) in [5.41, 5.74) is 2.35. The average molecular weight is 481 g/mol. The van der Waals surface area contributed by atoms with Crippen molar-refractivity contribution in [3.8, 4) is 23.0 Å². The molecule has 7 heteroatoms. The van der Waals surface area contributed by atoms with Crippen LogP contribution in [0.4, 0.5) is 0 Å². The fraction of sp³-hybridized carbons (Fsp3) is 0. The van der Waals surface area contributed by atoms with Crippen LogP contribution >= 0.6 is 7.82 Å². The maximum Gasteiger partial charge on any atom is 0.372 e. The van der Waals surface area contributed by atoms with Crippen LogP contribution in [-0.4, -0.2) is 0 Å². The first kappa shape index (κ1) is 21.3. The van der Waals surface area contributed by atoms with Gasteiger partial charge in [0.1, 0.15) is 34.5 Å². The van der Waals surface area contributed by atoms with E-state index in [-0.39, 0.29) is 11.5 Å². The van der Waals surface area contributed by atoms with E-state index in [4.69, 9.17) is 18.5 Å². The van der Waals surface area contributed by atoms with Crippen molar-refractivity contribution in [1.82, 2.24) is 0 Å². The zero-order valence-electron chi connectivity index (χ0n) is 18.3. The fourth-order valence-electron chi connectivity index (χ4n) is 3.99. The molecule has 2 aliphatic heterocycles. The van der Waals surface area contributed by atoms with E-state index in [1.54, 1.807) is 48.6 Å². The zero-order chi connectivity index (χ0) is 23.8. The molecule has 0 aromatic heterocycles. The van der Waals surface area contributed by atoms with Crippen LogP contribution < -0.4 is 14.4 Å². The second-order valence-electron chi connectivity index (χ2n) is 7.92. The Morgan fingerprint density at radius 3 is 1.37 bits per heavy atom. The molecule has 35 heavy (non-hydrogen) atoms. The standard InChI is InChI=1S/C28H19O6P/c29-35(30,33-27-17-19-9-1-5-13-23(19)31-25-15-7-3-11-21(25)27)34-28-18-20-10-2-6-14-24(20)32-26-16-8-4-12-22(26)28/h1-18H,(H,29,30)/p-1. The third kappa shape index (κ3) is 4.21. The van der Waals surface area contributed by atoms with Crippen LogP contribution in [0.1, 0.15) is 22.3 Å². The summed E-state index contributed by atoms with van der Waals surface area (Å²) < 4.78 is 36.4. The van der Waals surface area contributed by atoms with Crippen LogP contribution in [0.2, 0.25) is 0 Å². The van der Waals surface area contributed by atoms with E-state index >= 15 is 0 Å². The lowest BCUT2D eigenvalue weighted by Crippen LogP contribution is -2.08. The van der Waals surface area contributed by atoms with Crippen molar-refractivity contribution in [2.45, 2.75) is 0 Å². The van der Waals surface area contributed by atoms with Gasteiger partial charge in [0, 0.05) is 11.1 Å². The highest BCUT2D eigenvalue weighted by Crippen LogP contribution is 2.52. The summed E-state index contributed by atoms with van der Waals surface area (Å²) in [7, 11) is -4.90. The van der Waals surface area contributed by atoms with Crippen molar-refractivity contribution in [1.29, 1.82) is 0 Å². The average Bonchev–Trinajstić information content (AvgIpc) is 3.11. The third-order valence-corrected chi connectivity index (χ3v) is 6.42. The lowest BCUT2D eigenvalue weighted by atomic mass is 10.1. The summed E-state index contributed by atoms with van der Waals surface area (Å²) in [6.45, 7) is 0. The molecule has 0 atom stereocenters. The first-order chi connectivity index (χ1) is 17.1. The predicted molar refractivity (Wildman–Crippen MR) is 131 cm³/mol. The van der Waals surface area contributed by atoms with Gasteiger partial charge in [-0.2, -0.15) is 0 Å². The highest BCUT2D eigenvalue weighted by molar-refractivity contribution is 7.46. The molecule has 2 heterocycles. The van der Waals surface area contributed by atoms with Crippen LogP contribution in [0.15, 0.2) is 97.1 Å². The highest BCUT2D eigenvalue weighted by Gasteiger charge is 2.26. The summed E-state index contributed by atoms with van der Waals surface area (Å²) >= 11 is 0. The SMILES string of the molecule is O=P([O-])(OC1=Cc2ccccc2Oc2ccccc21)OC1=Cc2ccccc2Oc2ccccc21. The molecule has 0 amide bonds. The monoisotopic (exact) mass is 481 g/mol. The minimum absolute atomic E-state index is 0.100. The number of hydrogen-bond acceptors (Lipinski definition) is 6. The Morgan fingerprint density at radius 1 is 0.543 bits per heavy atom. The number of benzene rings is 4. The molecule has 2 aliphatic rings. The van der Waals surface area contributed by atoms with Crippen LogP contribution in [0.5, 0.6) is 23.0 Å². The minimum atomic E-state index is -4.90. The molecule has 0 radical (unpaired) electrons. The predicted octanol–water partition coefficient (Wildman–Crippen LogP) is 7.10. The van der Waals surface area contributed by atoms with Crippen LogP contribution in [0.3, 0.4) is 0 Å². The molecule has 0 saturated carbocycles. The van der Waals surface area contributed by atoms with E-state index in [2.05, 4.69) is 0 Å². The molecule has 4 aromatic carbocycles. The number of rotatable bonds is 4. The lowest BCUT2D eigenvalue weighted by molar-refractivity contribution is -0.213. The van der Waals surface area contributed by atoms with Gasteiger partial charge in [-0.15, -0.1) is 0 Å². The second-order valence-corrected chi connectivity index (χ2v) is 9.18. The van der Waals surface area contributed by atoms with Gasteiger partial charge in [-0.05, 0) is 48.6 Å². The molecular weight excluding hydrogens is 463 g/mol. The molecule has 0 bridgehead atoms. The van der Waals surface area contributed by atoms with Crippen molar-refractivity contribution in [2.75, 3.05) is 0 Å². The van der Waals surface area contributed by atoms with E-state index < -0.39 is 7.82 Å². The Bertz CT molecular complexity index is 1440. The molecule has 4 aromatic rings. The van der Waals surface area contributed by atoms with Gasteiger partial charge in [-0.3, -0.25) is 0 Å². The van der Waals surface area contributed by atoms with Gasteiger partial charge >= 0.3 is 7.82 Å². The van der Waals surface area contributed by atoms with Gasteiger partial charge in [0.05, 0.1) is 11.1 Å². The van der Waals surface area contributed by atoms with E-state index in [1.165, 1.54) is 0 Å². The molecule has 0 aliphatic carbocycles. The van der Waals surface area contributed by atoms with Crippen molar-refractivity contribution in [3.05, 3.63) is 119 Å². The largest absolute Gasteiger partial charge is 0.736 e. The fourth-order valence-corrected chi connectivity index (χ4v) is 4.81. The molecule has 0 N–H and O–H groups in total. The molecule has 6 nitrogen and oxygen atoms in total. The highest BCUT2D eigenvalue weighted by atomic mass is 31.2. The molecule has 0 saturated heterocycles. The van der Waals surface area contributed by atoms with Gasteiger partial charge in [-0.25, -0.2) is 4.57 Å². The Balaban J connectivity index is 1.39.